The number of anilines is 1. The number of rotatable bonds is 4. The summed E-state index contributed by atoms with van der Waals surface area (Å²) in [5.74, 6) is 0.370. The molecule has 6 nitrogen and oxygen atoms in total. The van der Waals surface area contributed by atoms with Crippen molar-refractivity contribution in [2.75, 3.05) is 5.01 Å². The van der Waals surface area contributed by atoms with Gasteiger partial charge in [0.15, 0.2) is 5.76 Å². The van der Waals surface area contributed by atoms with E-state index >= 15 is 0 Å². The topological polar surface area (TPSA) is 63.6 Å². The molecule has 3 heterocycles. The Hall–Kier alpha value is -3.41. The number of hydrogen-bond donors (Lipinski definition) is 0. The van der Waals surface area contributed by atoms with E-state index in [2.05, 4.69) is 10.2 Å². The van der Waals surface area contributed by atoms with Gasteiger partial charge >= 0.3 is 0 Å². The molecule has 1 amide bonds. The number of amides is 1. The number of aromatic nitrogens is 2. The van der Waals surface area contributed by atoms with Crippen LogP contribution in [0.1, 0.15) is 23.9 Å². The zero-order valence-corrected chi connectivity index (χ0v) is 14.6. The molecular weight excluding hydrogens is 328 g/mol. The van der Waals surface area contributed by atoms with Crippen molar-refractivity contribution in [1.82, 2.24) is 9.78 Å². The van der Waals surface area contributed by atoms with E-state index in [9.17, 15) is 4.79 Å². The Labute approximate surface area is 151 Å². The molecule has 3 aromatic rings. The molecule has 1 aliphatic heterocycles. The zero-order valence-electron chi connectivity index (χ0n) is 14.6. The second-order valence-electron chi connectivity index (χ2n) is 5.94. The largest absolute Gasteiger partial charge is 0.463 e. The quantitative estimate of drug-likeness (QED) is 0.678. The van der Waals surface area contributed by atoms with Gasteiger partial charge in [-0.05, 0) is 44.2 Å². The number of carbonyl (C=O) groups is 1. The third-order valence-corrected chi connectivity index (χ3v) is 4.37. The highest BCUT2D eigenvalue weighted by Gasteiger charge is 2.33. The van der Waals surface area contributed by atoms with E-state index in [1.165, 1.54) is 5.01 Å². The Bertz CT molecular complexity index is 998. The van der Waals surface area contributed by atoms with Crippen molar-refractivity contribution in [1.29, 1.82) is 0 Å². The van der Waals surface area contributed by atoms with Gasteiger partial charge in [0, 0.05) is 17.8 Å². The number of para-hydroxylation sites is 1. The fourth-order valence-corrected chi connectivity index (χ4v) is 2.96. The number of furan rings is 1. The van der Waals surface area contributed by atoms with Gasteiger partial charge in [0.2, 0.25) is 0 Å². The Morgan fingerprint density at radius 2 is 1.96 bits per heavy atom. The molecule has 0 spiro atoms. The van der Waals surface area contributed by atoms with Gasteiger partial charge in [0.1, 0.15) is 5.71 Å². The zero-order chi connectivity index (χ0) is 18.1. The molecule has 4 rings (SSSR count). The standard InChI is InChI=1S/C20H18N4O2/c1-3-23-14(2)15(13-21-23)12-17-19(18-10-7-11-26-18)22-24(20(17)25)16-8-5-4-6-9-16/h4-13H,3H2,1-2H3/b17-12+. The molecule has 1 aromatic carbocycles. The van der Waals surface area contributed by atoms with Crippen molar-refractivity contribution in [3.8, 4) is 0 Å². The summed E-state index contributed by atoms with van der Waals surface area (Å²) in [5.41, 5.74) is 3.62. The Morgan fingerprint density at radius 1 is 1.15 bits per heavy atom. The number of hydrazone groups is 1. The summed E-state index contributed by atoms with van der Waals surface area (Å²) >= 11 is 0. The molecule has 26 heavy (non-hydrogen) atoms. The molecule has 0 aliphatic carbocycles. The lowest BCUT2D eigenvalue weighted by molar-refractivity contribution is -0.114. The minimum absolute atomic E-state index is 0.189. The number of carbonyl (C=O) groups excluding carboxylic acids is 1. The van der Waals surface area contributed by atoms with Crippen molar-refractivity contribution in [3.63, 3.8) is 0 Å². The summed E-state index contributed by atoms with van der Waals surface area (Å²) in [7, 11) is 0. The highest BCUT2D eigenvalue weighted by atomic mass is 16.3. The van der Waals surface area contributed by atoms with Gasteiger partial charge in [-0.3, -0.25) is 9.48 Å². The summed E-state index contributed by atoms with van der Waals surface area (Å²) in [6.07, 6.45) is 5.18. The number of hydrogen-bond acceptors (Lipinski definition) is 4. The molecule has 0 saturated carbocycles. The summed E-state index contributed by atoms with van der Waals surface area (Å²) in [4.78, 5) is 13.1. The van der Waals surface area contributed by atoms with Gasteiger partial charge in [-0.1, -0.05) is 18.2 Å². The lowest BCUT2D eigenvalue weighted by atomic mass is 10.1. The predicted molar refractivity (Wildman–Crippen MR) is 99.8 cm³/mol. The Balaban J connectivity index is 1.82. The van der Waals surface area contributed by atoms with Gasteiger partial charge in [-0.2, -0.15) is 15.2 Å². The summed E-state index contributed by atoms with van der Waals surface area (Å²) < 4.78 is 7.40. The highest BCUT2D eigenvalue weighted by Crippen LogP contribution is 2.28. The fraction of sp³-hybridized carbons (Fsp3) is 0.150. The third kappa shape index (κ3) is 2.65. The van der Waals surface area contributed by atoms with Crippen molar-refractivity contribution in [2.24, 2.45) is 5.10 Å². The molecule has 0 saturated heterocycles. The average molecular weight is 346 g/mol. The molecular formula is C20H18N4O2. The molecule has 0 bridgehead atoms. The minimum Gasteiger partial charge on any atom is -0.463 e. The van der Waals surface area contributed by atoms with Crippen molar-refractivity contribution < 1.29 is 9.21 Å². The van der Waals surface area contributed by atoms with Crippen LogP contribution >= 0.6 is 0 Å². The molecule has 0 N–H and O–H groups in total. The number of benzene rings is 1. The second-order valence-corrected chi connectivity index (χ2v) is 5.94. The fourth-order valence-electron chi connectivity index (χ4n) is 2.96. The lowest BCUT2D eigenvalue weighted by Gasteiger charge is -2.10. The van der Waals surface area contributed by atoms with Gasteiger partial charge in [0.05, 0.1) is 23.7 Å². The molecule has 0 radical (unpaired) electrons. The van der Waals surface area contributed by atoms with Gasteiger partial charge in [0.25, 0.3) is 5.91 Å². The summed E-state index contributed by atoms with van der Waals surface area (Å²) in [6.45, 7) is 4.80. The van der Waals surface area contributed by atoms with Crippen LogP contribution in [-0.2, 0) is 11.3 Å². The van der Waals surface area contributed by atoms with E-state index < -0.39 is 0 Å². The maximum atomic E-state index is 13.1. The molecule has 0 fully saturated rings. The maximum absolute atomic E-state index is 13.1. The minimum atomic E-state index is -0.189. The third-order valence-electron chi connectivity index (χ3n) is 4.37. The van der Waals surface area contributed by atoms with Crippen LogP contribution in [0.2, 0.25) is 0 Å². The average Bonchev–Trinajstić information content (AvgIpc) is 3.38. The van der Waals surface area contributed by atoms with Crippen LogP contribution < -0.4 is 5.01 Å². The van der Waals surface area contributed by atoms with Crippen LogP contribution in [0, 0.1) is 6.92 Å². The van der Waals surface area contributed by atoms with Crippen LogP contribution in [0.3, 0.4) is 0 Å². The molecule has 6 heteroatoms. The SMILES string of the molecule is CCn1ncc(/C=C2/C(=O)N(c3ccccc3)N=C2c2ccco2)c1C. The van der Waals surface area contributed by atoms with Crippen LogP contribution in [0.4, 0.5) is 5.69 Å². The molecule has 0 atom stereocenters. The first-order valence-corrected chi connectivity index (χ1v) is 8.45. The Kier molecular flexibility index (Phi) is 4.01. The molecule has 1 aliphatic rings. The Morgan fingerprint density at radius 3 is 2.62 bits per heavy atom. The van der Waals surface area contributed by atoms with Gasteiger partial charge < -0.3 is 4.42 Å². The van der Waals surface area contributed by atoms with Crippen molar-refractivity contribution in [2.45, 2.75) is 20.4 Å². The normalized spacial score (nSPS) is 15.8. The van der Waals surface area contributed by atoms with E-state index in [1.54, 1.807) is 24.6 Å². The van der Waals surface area contributed by atoms with E-state index in [-0.39, 0.29) is 5.91 Å². The van der Waals surface area contributed by atoms with E-state index in [4.69, 9.17) is 4.42 Å². The van der Waals surface area contributed by atoms with Gasteiger partial charge in [-0.15, -0.1) is 0 Å². The summed E-state index contributed by atoms with van der Waals surface area (Å²) in [6, 6.07) is 12.9. The smallest absolute Gasteiger partial charge is 0.281 e. The maximum Gasteiger partial charge on any atom is 0.281 e. The highest BCUT2D eigenvalue weighted by molar-refractivity contribution is 6.36. The van der Waals surface area contributed by atoms with Crippen LogP contribution in [0.15, 0.2) is 70.0 Å². The lowest BCUT2D eigenvalue weighted by Crippen LogP contribution is -2.21. The van der Waals surface area contributed by atoms with Gasteiger partial charge in [-0.25, -0.2) is 0 Å². The van der Waals surface area contributed by atoms with Crippen molar-refractivity contribution >= 4 is 23.4 Å². The monoisotopic (exact) mass is 346 g/mol. The first-order valence-electron chi connectivity index (χ1n) is 8.45. The van der Waals surface area contributed by atoms with E-state index in [1.807, 2.05) is 54.9 Å². The summed E-state index contributed by atoms with van der Waals surface area (Å²) in [5, 5.41) is 10.3. The van der Waals surface area contributed by atoms with Crippen LogP contribution in [-0.4, -0.2) is 21.4 Å². The predicted octanol–water partition coefficient (Wildman–Crippen LogP) is 3.64. The number of aryl methyl sites for hydroxylation is 1. The van der Waals surface area contributed by atoms with E-state index in [0.717, 1.165) is 17.8 Å². The first kappa shape index (κ1) is 16.1. The van der Waals surface area contributed by atoms with Crippen LogP contribution in [0.25, 0.3) is 6.08 Å². The molecule has 0 unspecified atom stereocenters. The molecule has 130 valence electrons. The van der Waals surface area contributed by atoms with Crippen LogP contribution in [0.5, 0.6) is 0 Å². The number of nitrogens with zero attached hydrogens (tertiary/aromatic N) is 4. The molecule has 2 aromatic heterocycles. The van der Waals surface area contributed by atoms with Crippen molar-refractivity contribution in [3.05, 3.63) is 77.5 Å². The first-order chi connectivity index (χ1) is 12.7. The van der Waals surface area contributed by atoms with E-state index in [0.29, 0.717) is 22.7 Å². The second kappa shape index (κ2) is 6.48.